The zero-order valence-electron chi connectivity index (χ0n) is 15.3. The number of rotatable bonds is 5. The summed E-state index contributed by atoms with van der Waals surface area (Å²) in [6, 6.07) is 0.0425. The molecule has 2 aliphatic rings. The van der Waals surface area contributed by atoms with Crippen LogP contribution in [0.5, 0.6) is 0 Å². The molecular formula is C17H28N6O3. The summed E-state index contributed by atoms with van der Waals surface area (Å²) >= 11 is 0. The van der Waals surface area contributed by atoms with Gasteiger partial charge in [0.2, 0.25) is 0 Å². The predicted octanol–water partition coefficient (Wildman–Crippen LogP) is 0.628. The fourth-order valence-electron chi connectivity index (χ4n) is 3.52. The molecule has 2 saturated heterocycles. The van der Waals surface area contributed by atoms with Gasteiger partial charge in [-0.15, -0.1) is 5.10 Å². The largest absolute Gasteiger partial charge is 0.450 e. The van der Waals surface area contributed by atoms with Crippen LogP contribution in [-0.4, -0.2) is 70.7 Å². The Morgan fingerprint density at radius 3 is 2.85 bits per heavy atom. The van der Waals surface area contributed by atoms with Crippen molar-refractivity contribution in [2.45, 2.75) is 45.2 Å². The van der Waals surface area contributed by atoms with E-state index in [0.29, 0.717) is 44.1 Å². The summed E-state index contributed by atoms with van der Waals surface area (Å²) in [5, 5.41) is 14.5. The molecule has 0 bridgehead atoms. The number of likely N-dealkylation sites (tertiary alicyclic amines) is 1. The molecule has 26 heavy (non-hydrogen) atoms. The number of carbonyl (C=O) groups is 2. The first-order valence-corrected chi connectivity index (χ1v) is 9.49. The second kappa shape index (κ2) is 8.98. The highest BCUT2D eigenvalue weighted by Gasteiger charge is 2.25. The minimum absolute atomic E-state index is 0.0425. The zero-order chi connectivity index (χ0) is 18.4. The Kier molecular flexibility index (Phi) is 6.43. The van der Waals surface area contributed by atoms with Crippen LogP contribution in [0.25, 0.3) is 0 Å². The molecule has 1 aromatic heterocycles. The van der Waals surface area contributed by atoms with Gasteiger partial charge in [0.15, 0.2) is 5.69 Å². The third kappa shape index (κ3) is 4.94. The van der Waals surface area contributed by atoms with Crippen molar-refractivity contribution in [3.05, 3.63) is 11.9 Å². The molecule has 144 valence electrons. The lowest BCUT2D eigenvalue weighted by Crippen LogP contribution is -2.46. The highest BCUT2D eigenvalue weighted by atomic mass is 16.6. The van der Waals surface area contributed by atoms with Gasteiger partial charge in [0.1, 0.15) is 0 Å². The topological polar surface area (TPSA) is 101 Å². The first-order valence-electron chi connectivity index (χ1n) is 9.49. The first kappa shape index (κ1) is 18.6. The first-order chi connectivity index (χ1) is 12.7. The third-order valence-electron chi connectivity index (χ3n) is 4.97. The van der Waals surface area contributed by atoms with E-state index in [4.69, 9.17) is 4.74 Å². The van der Waals surface area contributed by atoms with Gasteiger partial charge in [0, 0.05) is 25.7 Å². The second-order valence-electron chi connectivity index (χ2n) is 6.97. The Labute approximate surface area is 153 Å². The molecule has 1 aromatic rings. The van der Waals surface area contributed by atoms with Gasteiger partial charge in [-0.2, -0.15) is 0 Å². The Hall–Kier alpha value is -2.16. The number of carbonyl (C=O) groups excluding carboxylic acids is 2. The minimum Gasteiger partial charge on any atom is -0.450 e. The average molecular weight is 364 g/mol. The van der Waals surface area contributed by atoms with E-state index >= 15 is 0 Å². The summed E-state index contributed by atoms with van der Waals surface area (Å²) in [5.74, 6) is 0.334. The van der Waals surface area contributed by atoms with Crippen molar-refractivity contribution in [3.8, 4) is 0 Å². The normalized spacial score (nSPS) is 21.4. The molecule has 9 nitrogen and oxygen atoms in total. The van der Waals surface area contributed by atoms with Crippen LogP contribution in [0.4, 0.5) is 4.79 Å². The summed E-state index contributed by atoms with van der Waals surface area (Å²) in [7, 11) is 0. The highest BCUT2D eigenvalue weighted by molar-refractivity contribution is 5.92. The van der Waals surface area contributed by atoms with Crippen LogP contribution in [0.2, 0.25) is 0 Å². The van der Waals surface area contributed by atoms with Crippen LogP contribution in [0, 0.1) is 5.92 Å². The zero-order valence-corrected chi connectivity index (χ0v) is 15.3. The van der Waals surface area contributed by atoms with Crippen LogP contribution >= 0.6 is 0 Å². The number of ether oxygens (including phenoxy) is 1. The van der Waals surface area contributed by atoms with Crippen molar-refractivity contribution in [2.75, 3.05) is 32.8 Å². The number of hydrogen-bond acceptors (Lipinski definition) is 6. The summed E-state index contributed by atoms with van der Waals surface area (Å²) in [6.45, 7) is 6.20. The van der Waals surface area contributed by atoms with E-state index in [0.717, 1.165) is 19.6 Å². The number of nitrogens with zero attached hydrogens (tertiary/aromatic N) is 4. The molecule has 9 heteroatoms. The summed E-state index contributed by atoms with van der Waals surface area (Å²) in [6.07, 6.45) is 5.22. The molecule has 3 heterocycles. The predicted molar refractivity (Wildman–Crippen MR) is 94.7 cm³/mol. The van der Waals surface area contributed by atoms with Gasteiger partial charge < -0.3 is 20.3 Å². The van der Waals surface area contributed by atoms with Gasteiger partial charge in [0.05, 0.1) is 12.8 Å². The molecule has 0 spiro atoms. The fraction of sp³-hybridized carbons (Fsp3) is 0.765. The maximum Gasteiger partial charge on any atom is 0.409 e. The molecule has 0 unspecified atom stereocenters. The van der Waals surface area contributed by atoms with Gasteiger partial charge in [-0.25, -0.2) is 4.79 Å². The van der Waals surface area contributed by atoms with Crippen molar-refractivity contribution in [1.29, 1.82) is 0 Å². The average Bonchev–Trinajstić information content (AvgIpc) is 3.12. The lowest BCUT2D eigenvalue weighted by molar-refractivity contribution is 0.0856. The molecule has 2 amide bonds. The maximum absolute atomic E-state index is 12.4. The van der Waals surface area contributed by atoms with Crippen LogP contribution in [0.3, 0.4) is 0 Å². The SMILES string of the molecule is CCOC(=O)N1CCC(NC(=O)c2cn(C[C@H]3CCCNC3)nn2)CC1. The van der Waals surface area contributed by atoms with Crippen molar-refractivity contribution in [3.63, 3.8) is 0 Å². The second-order valence-corrected chi connectivity index (χ2v) is 6.97. The standard InChI is InChI=1S/C17H28N6O3/c1-2-26-17(25)22-8-5-14(6-9-22)19-16(24)15-12-23(21-20-15)11-13-4-3-7-18-10-13/h12-14,18H,2-11H2,1H3,(H,19,24)/t13-/m0/s1. The molecular weight excluding hydrogens is 336 g/mol. The Bertz CT molecular complexity index is 605. The van der Waals surface area contributed by atoms with E-state index in [1.165, 1.54) is 12.8 Å². The summed E-state index contributed by atoms with van der Waals surface area (Å²) in [5.41, 5.74) is 0.349. The van der Waals surface area contributed by atoms with Crippen LogP contribution in [0.1, 0.15) is 43.1 Å². The lowest BCUT2D eigenvalue weighted by Gasteiger charge is -2.31. The van der Waals surface area contributed by atoms with E-state index in [2.05, 4.69) is 20.9 Å². The molecule has 0 aliphatic carbocycles. The molecule has 1 atom stereocenters. The molecule has 0 saturated carbocycles. The van der Waals surface area contributed by atoms with Gasteiger partial charge in [-0.1, -0.05) is 5.21 Å². The van der Waals surface area contributed by atoms with Crippen LogP contribution in [0.15, 0.2) is 6.20 Å². The van der Waals surface area contributed by atoms with E-state index < -0.39 is 0 Å². The van der Waals surface area contributed by atoms with Crippen molar-refractivity contribution >= 4 is 12.0 Å². The van der Waals surface area contributed by atoms with Gasteiger partial charge in [-0.3, -0.25) is 9.48 Å². The van der Waals surface area contributed by atoms with E-state index in [1.807, 2.05) is 0 Å². The smallest absolute Gasteiger partial charge is 0.409 e. The Balaban J connectivity index is 1.44. The number of amides is 2. The number of aromatic nitrogens is 3. The molecule has 2 fully saturated rings. The van der Waals surface area contributed by atoms with Gasteiger partial charge in [-0.05, 0) is 51.6 Å². The summed E-state index contributed by atoms with van der Waals surface area (Å²) in [4.78, 5) is 25.8. The lowest BCUT2D eigenvalue weighted by atomic mass is 10.00. The summed E-state index contributed by atoms with van der Waals surface area (Å²) < 4.78 is 6.77. The number of nitrogens with one attached hydrogen (secondary N) is 2. The highest BCUT2D eigenvalue weighted by Crippen LogP contribution is 2.13. The number of hydrogen-bond donors (Lipinski definition) is 2. The monoisotopic (exact) mass is 364 g/mol. The van der Waals surface area contributed by atoms with Crippen LogP contribution in [-0.2, 0) is 11.3 Å². The minimum atomic E-state index is -0.280. The van der Waals surface area contributed by atoms with Crippen molar-refractivity contribution in [2.24, 2.45) is 5.92 Å². The fourth-order valence-corrected chi connectivity index (χ4v) is 3.52. The van der Waals surface area contributed by atoms with Crippen molar-refractivity contribution < 1.29 is 14.3 Å². The van der Waals surface area contributed by atoms with Crippen molar-refractivity contribution in [1.82, 2.24) is 30.5 Å². The molecule has 2 aliphatic heterocycles. The van der Waals surface area contributed by atoms with E-state index in [1.54, 1.807) is 22.7 Å². The van der Waals surface area contributed by atoms with E-state index in [9.17, 15) is 9.59 Å². The molecule has 3 rings (SSSR count). The molecule has 2 N–H and O–H groups in total. The molecule has 0 aromatic carbocycles. The Morgan fingerprint density at radius 1 is 1.35 bits per heavy atom. The Morgan fingerprint density at radius 2 is 2.15 bits per heavy atom. The molecule has 0 radical (unpaired) electrons. The maximum atomic E-state index is 12.4. The third-order valence-corrected chi connectivity index (χ3v) is 4.97. The van der Waals surface area contributed by atoms with E-state index in [-0.39, 0.29) is 18.0 Å². The van der Waals surface area contributed by atoms with Gasteiger partial charge in [0.25, 0.3) is 5.91 Å². The van der Waals surface area contributed by atoms with Crippen LogP contribution < -0.4 is 10.6 Å². The quantitative estimate of drug-likeness (QED) is 0.795. The van der Waals surface area contributed by atoms with Gasteiger partial charge >= 0.3 is 6.09 Å². The number of piperidine rings is 2.